The molecule has 9 heteroatoms. The van der Waals surface area contributed by atoms with Crippen LogP contribution in [0, 0.1) is 0 Å². The summed E-state index contributed by atoms with van der Waals surface area (Å²) in [7, 11) is 1.38. The van der Waals surface area contributed by atoms with Gasteiger partial charge in [0.2, 0.25) is 5.76 Å². The number of nitrogens with one attached hydrogen (secondary N) is 1. The van der Waals surface area contributed by atoms with Gasteiger partial charge in [0.25, 0.3) is 5.91 Å². The second-order valence-electron chi connectivity index (χ2n) is 8.62. The van der Waals surface area contributed by atoms with E-state index in [-0.39, 0.29) is 43.6 Å². The van der Waals surface area contributed by atoms with Crippen molar-refractivity contribution in [1.82, 2.24) is 4.90 Å². The van der Waals surface area contributed by atoms with Gasteiger partial charge < -0.3 is 23.9 Å². The predicted molar refractivity (Wildman–Crippen MR) is 125 cm³/mol. The van der Waals surface area contributed by atoms with Crippen LogP contribution in [0.5, 0.6) is 0 Å². The summed E-state index contributed by atoms with van der Waals surface area (Å²) in [5, 5.41) is 12.3. The molecular weight excluding hydrogens is 452 g/mol. The predicted octanol–water partition coefficient (Wildman–Crippen LogP) is 3.96. The van der Waals surface area contributed by atoms with E-state index in [0.717, 1.165) is 27.2 Å². The number of aliphatic carboxylic acids is 1. The van der Waals surface area contributed by atoms with Gasteiger partial charge in [-0.25, -0.2) is 9.59 Å². The van der Waals surface area contributed by atoms with Crippen LogP contribution in [0.15, 0.2) is 65.3 Å². The lowest BCUT2D eigenvalue weighted by Crippen LogP contribution is -2.56. The van der Waals surface area contributed by atoms with Gasteiger partial charge in [-0.2, -0.15) is 0 Å². The fourth-order valence-corrected chi connectivity index (χ4v) is 4.80. The van der Waals surface area contributed by atoms with Crippen LogP contribution in [-0.4, -0.2) is 60.4 Å². The third-order valence-electron chi connectivity index (χ3n) is 6.79. The molecule has 2 amide bonds. The van der Waals surface area contributed by atoms with Gasteiger partial charge in [-0.1, -0.05) is 48.5 Å². The number of anilines is 1. The first-order valence-corrected chi connectivity index (χ1v) is 11.2. The van der Waals surface area contributed by atoms with E-state index in [9.17, 15) is 19.5 Å². The van der Waals surface area contributed by atoms with E-state index in [1.807, 2.05) is 48.5 Å². The largest absolute Gasteiger partial charge is 0.479 e. The standard InChI is InChI=1S/C26H24N2O7/c1-28(26(24(30)31)11-13-33-15-26)23(29)22-21(10-12-34-22)27-25(32)35-14-20-18-8-4-2-6-16(18)17-7-3-5-9-19(17)20/h2-10,12,20H,11,13-15H2,1H3,(H,27,32)(H,30,31). The number of carboxylic acid groups (broad SMARTS) is 1. The molecule has 0 spiro atoms. The lowest BCUT2D eigenvalue weighted by Gasteiger charge is -2.32. The summed E-state index contributed by atoms with van der Waals surface area (Å²) >= 11 is 0. The lowest BCUT2D eigenvalue weighted by atomic mass is 9.96. The molecule has 2 heterocycles. The van der Waals surface area contributed by atoms with E-state index in [2.05, 4.69) is 5.32 Å². The molecule has 2 N–H and O–H groups in total. The van der Waals surface area contributed by atoms with Crippen molar-refractivity contribution in [1.29, 1.82) is 0 Å². The van der Waals surface area contributed by atoms with Gasteiger partial charge in [-0.15, -0.1) is 0 Å². The molecular formula is C26H24N2O7. The number of rotatable bonds is 6. The number of ether oxygens (including phenoxy) is 2. The molecule has 1 aromatic heterocycles. The molecule has 1 aliphatic heterocycles. The highest BCUT2D eigenvalue weighted by molar-refractivity contribution is 6.02. The number of likely N-dealkylation sites (N-methyl/N-ethyl adjacent to an activating group) is 1. The Morgan fingerprint density at radius 3 is 2.34 bits per heavy atom. The van der Waals surface area contributed by atoms with E-state index in [1.54, 1.807) is 0 Å². The van der Waals surface area contributed by atoms with E-state index >= 15 is 0 Å². The number of carbonyl (C=O) groups is 3. The molecule has 1 saturated heterocycles. The number of fused-ring (bicyclic) bond motifs is 3. The van der Waals surface area contributed by atoms with Gasteiger partial charge >= 0.3 is 12.1 Å². The molecule has 0 bridgehead atoms. The quantitative estimate of drug-likeness (QED) is 0.553. The van der Waals surface area contributed by atoms with Crippen molar-refractivity contribution in [3.05, 3.63) is 77.7 Å². The first-order chi connectivity index (χ1) is 16.9. The fraction of sp³-hybridized carbons (Fsp3) is 0.269. The monoisotopic (exact) mass is 476 g/mol. The van der Waals surface area contributed by atoms with Crippen LogP contribution in [0.1, 0.15) is 34.0 Å². The van der Waals surface area contributed by atoms with Crippen LogP contribution < -0.4 is 5.32 Å². The van der Waals surface area contributed by atoms with Crippen molar-refractivity contribution in [3.63, 3.8) is 0 Å². The van der Waals surface area contributed by atoms with E-state index in [1.165, 1.54) is 19.4 Å². The van der Waals surface area contributed by atoms with Crippen molar-refractivity contribution in [2.24, 2.45) is 0 Å². The van der Waals surface area contributed by atoms with Crippen LogP contribution >= 0.6 is 0 Å². The van der Waals surface area contributed by atoms with Crippen molar-refractivity contribution < 1.29 is 33.4 Å². The van der Waals surface area contributed by atoms with E-state index < -0.39 is 23.5 Å². The summed E-state index contributed by atoms with van der Waals surface area (Å²) in [5.41, 5.74) is 3.00. The molecule has 35 heavy (non-hydrogen) atoms. The Balaban J connectivity index is 1.28. The van der Waals surface area contributed by atoms with Crippen LogP contribution in [-0.2, 0) is 14.3 Å². The summed E-state index contributed by atoms with van der Waals surface area (Å²) in [4.78, 5) is 38.7. The third kappa shape index (κ3) is 3.83. The molecule has 0 radical (unpaired) electrons. The molecule has 0 saturated carbocycles. The van der Waals surface area contributed by atoms with Crippen LogP contribution in [0.2, 0.25) is 0 Å². The maximum Gasteiger partial charge on any atom is 0.411 e. The summed E-state index contributed by atoms with van der Waals surface area (Å²) in [5.74, 6) is -2.14. The average Bonchev–Trinajstić information content (AvgIpc) is 3.60. The molecule has 5 rings (SSSR count). The Morgan fingerprint density at radius 2 is 1.74 bits per heavy atom. The van der Waals surface area contributed by atoms with Gasteiger partial charge in [0, 0.05) is 32.1 Å². The van der Waals surface area contributed by atoms with Gasteiger partial charge in [-0.3, -0.25) is 10.1 Å². The Bertz CT molecular complexity index is 1250. The van der Waals surface area contributed by atoms with Crippen molar-refractivity contribution in [3.8, 4) is 11.1 Å². The topological polar surface area (TPSA) is 118 Å². The minimum atomic E-state index is -1.50. The molecule has 2 aliphatic rings. The molecule has 2 aromatic carbocycles. The molecule has 3 aromatic rings. The fourth-order valence-electron chi connectivity index (χ4n) is 4.80. The van der Waals surface area contributed by atoms with Gasteiger partial charge in [0.15, 0.2) is 5.54 Å². The molecule has 9 nitrogen and oxygen atoms in total. The first kappa shape index (κ1) is 22.7. The zero-order valence-corrected chi connectivity index (χ0v) is 19.0. The highest BCUT2D eigenvalue weighted by Crippen LogP contribution is 2.44. The second-order valence-corrected chi connectivity index (χ2v) is 8.62. The summed E-state index contributed by atoms with van der Waals surface area (Å²) in [6.07, 6.45) is 0.654. The number of hydrogen-bond acceptors (Lipinski definition) is 6. The summed E-state index contributed by atoms with van der Waals surface area (Å²) in [6.45, 7) is 0.216. The van der Waals surface area contributed by atoms with Gasteiger partial charge in [0.05, 0.1) is 18.6 Å². The lowest BCUT2D eigenvalue weighted by molar-refractivity contribution is -0.149. The minimum Gasteiger partial charge on any atom is -0.479 e. The Morgan fingerprint density at radius 1 is 1.09 bits per heavy atom. The highest BCUT2D eigenvalue weighted by atomic mass is 16.5. The number of amides is 2. The number of nitrogens with zero attached hydrogens (tertiary/aromatic N) is 1. The maximum absolute atomic E-state index is 13.1. The number of carbonyl (C=O) groups excluding carboxylic acids is 2. The second kappa shape index (κ2) is 8.92. The minimum absolute atomic E-state index is 0.0959. The molecule has 1 aliphatic carbocycles. The number of hydrogen-bond donors (Lipinski definition) is 2. The number of furan rings is 1. The Labute approximate surface area is 201 Å². The maximum atomic E-state index is 13.1. The van der Waals surface area contributed by atoms with Crippen molar-refractivity contribution >= 4 is 23.7 Å². The molecule has 1 fully saturated rings. The van der Waals surface area contributed by atoms with Crippen LogP contribution in [0.3, 0.4) is 0 Å². The van der Waals surface area contributed by atoms with Gasteiger partial charge in [-0.05, 0) is 22.3 Å². The molecule has 1 unspecified atom stereocenters. The third-order valence-corrected chi connectivity index (χ3v) is 6.79. The Hall–Kier alpha value is -4.11. The van der Waals surface area contributed by atoms with Gasteiger partial charge in [0.1, 0.15) is 6.61 Å². The SMILES string of the molecule is CN(C(=O)c1occc1NC(=O)OCC1c2ccccc2-c2ccccc21)C1(C(=O)O)CCOC1. The van der Waals surface area contributed by atoms with Crippen LogP contribution in [0.4, 0.5) is 10.5 Å². The van der Waals surface area contributed by atoms with E-state index in [0.29, 0.717) is 0 Å². The number of benzene rings is 2. The average molecular weight is 476 g/mol. The summed E-state index contributed by atoms with van der Waals surface area (Å²) < 4.78 is 16.1. The normalized spacial score (nSPS) is 18.5. The zero-order chi connectivity index (χ0) is 24.6. The highest BCUT2D eigenvalue weighted by Gasteiger charge is 2.49. The number of carboxylic acids is 1. The smallest absolute Gasteiger partial charge is 0.411 e. The van der Waals surface area contributed by atoms with Crippen molar-refractivity contribution in [2.75, 3.05) is 32.2 Å². The zero-order valence-electron chi connectivity index (χ0n) is 19.0. The van der Waals surface area contributed by atoms with Crippen LogP contribution in [0.25, 0.3) is 11.1 Å². The summed E-state index contributed by atoms with van der Waals surface area (Å²) in [6, 6.07) is 17.4. The van der Waals surface area contributed by atoms with E-state index in [4.69, 9.17) is 13.9 Å². The molecule has 1 atom stereocenters. The Kier molecular flexibility index (Phi) is 5.78. The molecule has 180 valence electrons. The first-order valence-electron chi connectivity index (χ1n) is 11.2. The van der Waals surface area contributed by atoms with Crippen molar-refractivity contribution in [2.45, 2.75) is 17.9 Å².